The Hall–Kier alpha value is -1.82. The van der Waals surface area contributed by atoms with Crippen molar-refractivity contribution in [1.82, 2.24) is 5.32 Å². The number of hydrogen-bond donors (Lipinski definition) is 1. The highest BCUT2D eigenvalue weighted by Crippen LogP contribution is 2.30. The molecular formula is C13H12FNO3S. The number of carbonyl (C=O) groups excluding carboxylic acids is 2. The second-order valence-corrected chi connectivity index (χ2v) is 4.96. The summed E-state index contributed by atoms with van der Waals surface area (Å²) in [6.45, 7) is 0. The van der Waals surface area contributed by atoms with Gasteiger partial charge in [0.15, 0.2) is 0 Å². The predicted molar refractivity (Wildman–Crippen MR) is 70.0 cm³/mol. The summed E-state index contributed by atoms with van der Waals surface area (Å²) in [5.41, 5.74) is 0.904. The molecule has 0 bridgehead atoms. The van der Waals surface area contributed by atoms with Crippen molar-refractivity contribution in [2.45, 2.75) is 6.42 Å². The molecule has 0 fully saturated rings. The van der Waals surface area contributed by atoms with Crippen LogP contribution in [0.3, 0.4) is 0 Å². The predicted octanol–water partition coefficient (Wildman–Crippen LogP) is 2.08. The van der Waals surface area contributed by atoms with E-state index in [2.05, 4.69) is 10.1 Å². The lowest BCUT2D eigenvalue weighted by Gasteiger charge is -2.07. The second-order valence-electron chi connectivity index (χ2n) is 3.86. The van der Waals surface area contributed by atoms with E-state index in [1.54, 1.807) is 0 Å². The fourth-order valence-electron chi connectivity index (χ4n) is 1.66. The number of ether oxygens (including phenoxy) is 1. The van der Waals surface area contributed by atoms with E-state index in [9.17, 15) is 14.0 Å². The quantitative estimate of drug-likeness (QED) is 0.862. The maximum atomic E-state index is 12.8. The van der Waals surface area contributed by atoms with Gasteiger partial charge >= 0.3 is 5.97 Å². The maximum absolute atomic E-state index is 12.8. The molecule has 0 radical (unpaired) electrons. The average Bonchev–Trinajstić information content (AvgIpc) is 2.86. The zero-order valence-electron chi connectivity index (χ0n) is 10.2. The second kappa shape index (κ2) is 5.88. The van der Waals surface area contributed by atoms with Gasteiger partial charge in [0, 0.05) is 17.0 Å². The SMILES string of the molecule is COC(=O)C1=C(NC(=O)c2ccc(F)cc2)CCS1. The Balaban J connectivity index is 2.14. The summed E-state index contributed by atoms with van der Waals surface area (Å²) >= 11 is 1.35. The van der Waals surface area contributed by atoms with E-state index in [0.29, 0.717) is 22.6 Å². The summed E-state index contributed by atoms with van der Waals surface area (Å²) in [7, 11) is 1.30. The number of rotatable bonds is 3. The number of amides is 1. The molecule has 0 aliphatic carbocycles. The number of halogens is 1. The molecule has 19 heavy (non-hydrogen) atoms. The molecule has 0 spiro atoms. The first-order valence-corrected chi connectivity index (χ1v) is 6.61. The summed E-state index contributed by atoms with van der Waals surface area (Å²) in [5, 5.41) is 2.68. The molecule has 0 saturated carbocycles. The van der Waals surface area contributed by atoms with E-state index < -0.39 is 11.8 Å². The fourth-order valence-corrected chi connectivity index (χ4v) is 2.70. The van der Waals surface area contributed by atoms with Gasteiger partial charge in [-0.2, -0.15) is 0 Å². The first-order valence-electron chi connectivity index (χ1n) is 5.63. The molecule has 1 aromatic carbocycles. The molecule has 6 heteroatoms. The first-order chi connectivity index (χ1) is 9.11. The Bertz CT molecular complexity index is 539. The number of benzene rings is 1. The van der Waals surface area contributed by atoms with Crippen LogP contribution in [0, 0.1) is 5.82 Å². The van der Waals surface area contributed by atoms with Gasteiger partial charge in [-0.25, -0.2) is 9.18 Å². The third-order valence-electron chi connectivity index (χ3n) is 2.61. The van der Waals surface area contributed by atoms with Crippen LogP contribution in [0.4, 0.5) is 4.39 Å². The van der Waals surface area contributed by atoms with Crippen LogP contribution in [0.25, 0.3) is 0 Å². The van der Waals surface area contributed by atoms with Gasteiger partial charge in [-0.1, -0.05) is 0 Å². The largest absolute Gasteiger partial charge is 0.465 e. The van der Waals surface area contributed by atoms with Crippen LogP contribution in [-0.2, 0) is 9.53 Å². The van der Waals surface area contributed by atoms with Gasteiger partial charge < -0.3 is 10.1 Å². The minimum atomic E-state index is -0.447. The minimum Gasteiger partial charge on any atom is -0.465 e. The summed E-state index contributed by atoms with van der Waals surface area (Å²) in [6.07, 6.45) is 0.599. The molecule has 0 aromatic heterocycles. The van der Waals surface area contributed by atoms with Gasteiger partial charge in [-0.05, 0) is 30.7 Å². The van der Waals surface area contributed by atoms with E-state index in [0.717, 1.165) is 5.75 Å². The molecule has 1 heterocycles. The zero-order chi connectivity index (χ0) is 13.8. The van der Waals surface area contributed by atoms with Crippen LogP contribution in [0.5, 0.6) is 0 Å². The molecule has 100 valence electrons. The van der Waals surface area contributed by atoms with Gasteiger partial charge in [0.05, 0.1) is 7.11 Å². The van der Waals surface area contributed by atoms with E-state index in [1.165, 1.54) is 43.1 Å². The Labute approximate surface area is 114 Å². The van der Waals surface area contributed by atoms with E-state index in [1.807, 2.05) is 0 Å². The number of allylic oxidation sites excluding steroid dienone is 1. The highest BCUT2D eigenvalue weighted by atomic mass is 32.2. The number of methoxy groups -OCH3 is 1. The Kier molecular flexibility index (Phi) is 4.21. The van der Waals surface area contributed by atoms with Gasteiger partial charge in [-0.15, -0.1) is 11.8 Å². The van der Waals surface area contributed by atoms with Crippen LogP contribution in [0.1, 0.15) is 16.8 Å². The van der Waals surface area contributed by atoms with Crippen molar-refractivity contribution in [2.75, 3.05) is 12.9 Å². The minimum absolute atomic E-state index is 0.343. The van der Waals surface area contributed by atoms with E-state index in [4.69, 9.17) is 0 Å². The number of nitrogens with one attached hydrogen (secondary N) is 1. The normalized spacial score (nSPS) is 14.4. The van der Waals surface area contributed by atoms with Gasteiger partial charge in [0.25, 0.3) is 5.91 Å². The first kappa shape index (κ1) is 13.6. The van der Waals surface area contributed by atoms with Gasteiger partial charge in [0.1, 0.15) is 10.7 Å². The van der Waals surface area contributed by atoms with Crippen LogP contribution >= 0.6 is 11.8 Å². The maximum Gasteiger partial charge on any atom is 0.346 e. The molecule has 4 nitrogen and oxygen atoms in total. The van der Waals surface area contributed by atoms with Gasteiger partial charge in [-0.3, -0.25) is 4.79 Å². The molecule has 2 rings (SSSR count). The van der Waals surface area contributed by atoms with Gasteiger partial charge in [0.2, 0.25) is 0 Å². The molecule has 0 saturated heterocycles. The van der Waals surface area contributed by atoms with Crippen molar-refractivity contribution in [3.63, 3.8) is 0 Å². The monoisotopic (exact) mass is 281 g/mol. The third-order valence-corrected chi connectivity index (χ3v) is 3.72. The number of thioether (sulfide) groups is 1. The lowest BCUT2D eigenvalue weighted by atomic mass is 10.2. The lowest BCUT2D eigenvalue weighted by Crippen LogP contribution is -2.24. The molecule has 0 atom stereocenters. The smallest absolute Gasteiger partial charge is 0.346 e. The average molecular weight is 281 g/mol. The molecule has 1 N–H and O–H groups in total. The summed E-state index contributed by atoms with van der Waals surface area (Å²) in [6, 6.07) is 5.22. The zero-order valence-corrected chi connectivity index (χ0v) is 11.1. The van der Waals surface area contributed by atoms with Crippen LogP contribution < -0.4 is 5.32 Å². The van der Waals surface area contributed by atoms with Crippen LogP contribution in [0.2, 0.25) is 0 Å². The molecule has 1 aromatic rings. The van der Waals surface area contributed by atoms with Crippen molar-refractivity contribution < 1.29 is 18.7 Å². The summed E-state index contributed by atoms with van der Waals surface area (Å²) in [5.74, 6) is -0.484. The lowest BCUT2D eigenvalue weighted by molar-refractivity contribution is -0.135. The van der Waals surface area contributed by atoms with Crippen molar-refractivity contribution in [1.29, 1.82) is 0 Å². The number of hydrogen-bond acceptors (Lipinski definition) is 4. The third kappa shape index (κ3) is 3.14. The molecular weight excluding hydrogens is 269 g/mol. The number of esters is 1. The summed E-state index contributed by atoms with van der Waals surface area (Å²) in [4.78, 5) is 23.9. The van der Waals surface area contributed by atoms with E-state index in [-0.39, 0.29) is 5.91 Å². The molecule has 1 amide bonds. The highest BCUT2D eigenvalue weighted by Gasteiger charge is 2.24. The van der Waals surface area contributed by atoms with Crippen LogP contribution in [-0.4, -0.2) is 24.7 Å². The van der Waals surface area contributed by atoms with Crippen molar-refractivity contribution in [3.05, 3.63) is 46.2 Å². The Morgan fingerprint density at radius 3 is 2.63 bits per heavy atom. The topological polar surface area (TPSA) is 55.4 Å². The molecule has 0 unspecified atom stereocenters. The standard InChI is InChI=1S/C13H12FNO3S/c1-18-13(17)11-10(6-7-19-11)15-12(16)8-2-4-9(14)5-3-8/h2-5H,6-7H2,1H3,(H,15,16). The Morgan fingerprint density at radius 1 is 1.32 bits per heavy atom. The van der Waals surface area contributed by atoms with Crippen LogP contribution in [0.15, 0.2) is 34.9 Å². The van der Waals surface area contributed by atoms with Crippen molar-refractivity contribution in [3.8, 4) is 0 Å². The van der Waals surface area contributed by atoms with E-state index >= 15 is 0 Å². The highest BCUT2D eigenvalue weighted by molar-refractivity contribution is 8.04. The molecule has 1 aliphatic rings. The number of carbonyl (C=O) groups is 2. The summed E-state index contributed by atoms with van der Waals surface area (Å²) < 4.78 is 17.4. The fraction of sp³-hybridized carbons (Fsp3) is 0.231. The van der Waals surface area contributed by atoms with Crippen molar-refractivity contribution >= 4 is 23.6 Å². The van der Waals surface area contributed by atoms with Crippen molar-refractivity contribution in [2.24, 2.45) is 0 Å². The Morgan fingerprint density at radius 2 is 2.00 bits per heavy atom. The molecule has 1 aliphatic heterocycles.